The van der Waals surface area contributed by atoms with Crippen molar-refractivity contribution in [2.24, 2.45) is 23.7 Å². The van der Waals surface area contributed by atoms with Crippen molar-refractivity contribution in [3.05, 3.63) is 59.7 Å². The van der Waals surface area contributed by atoms with Gasteiger partial charge in [0.1, 0.15) is 6.61 Å². The summed E-state index contributed by atoms with van der Waals surface area (Å²) >= 11 is 0. The number of ether oxygens (including phenoxy) is 1. The summed E-state index contributed by atoms with van der Waals surface area (Å²) in [6, 6.07) is 16.5. The zero-order valence-electron chi connectivity index (χ0n) is 19.5. The van der Waals surface area contributed by atoms with E-state index in [1.807, 2.05) is 24.3 Å². The highest BCUT2D eigenvalue weighted by Gasteiger charge is 2.50. The molecule has 4 aliphatic rings. The maximum atomic E-state index is 12.6. The molecule has 0 radical (unpaired) electrons. The first-order valence-electron chi connectivity index (χ1n) is 12.6. The minimum atomic E-state index is -0.717. The molecule has 0 heterocycles. The lowest BCUT2D eigenvalue weighted by molar-refractivity contribution is -0.141. The number of fused-ring (bicyclic) bond motifs is 4. The van der Waals surface area contributed by atoms with E-state index in [1.165, 1.54) is 22.3 Å². The first-order valence-corrected chi connectivity index (χ1v) is 12.6. The smallest absolute Gasteiger partial charge is 0.407 e. The number of carboxylic acid groups (broad SMARTS) is 1. The van der Waals surface area contributed by atoms with Crippen LogP contribution in [0.5, 0.6) is 0 Å². The molecule has 2 aromatic rings. The van der Waals surface area contributed by atoms with Crippen LogP contribution in [0.3, 0.4) is 0 Å². The molecular weight excluding hydrogens is 444 g/mol. The molecule has 7 nitrogen and oxygen atoms in total. The van der Waals surface area contributed by atoms with Gasteiger partial charge >= 0.3 is 12.1 Å². The van der Waals surface area contributed by atoms with Crippen LogP contribution < -0.4 is 10.6 Å². The molecule has 2 amide bonds. The van der Waals surface area contributed by atoms with Crippen molar-refractivity contribution in [2.75, 3.05) is 6.61 Å². The Morgan fingerprint density at radius 3 is 2.14 bits per heavy atom. The quantitative estimate of drug-likeness (QED) is 0.589. The van der Waals surface area contributed by atoms with Crippen LogP contribution in [-0.2, 0) is 14.3 Å². The molecule has 0 spiro atoms. The van der Waals surface area contributed by atoms with Crippen molar-refractivity contribution < 1.29 is 24.2 Å². The number of rotatable bonds is 6. The average molecular weight is 475 g/mol. The van der Waals surface area contributed by atoms with E-state index in [-0.39, 0.29) is 42.4 Å². The van der Waals surface area contributed by atoms with Gasteiger partial charge in [-0.1, -0.05) is 48.5 Å². The zero-order valence-corrected chi connectivity index (χ0v) is 19.5. The van der Waals surface area contributed by atoms with Crippen molar-refractivity contribution in [3.8, 4) is 11.1 Å². The maximum absolute atomic E-state index is 12.6. The number of carbonyl (C=O) groups excluding carboxylic acids is 2. The molecule has 0 aliphatic heterocycles. The molecule has 182 valence electrons. The number of nitrogens with one attached hydrogen (secondary N) is 2. The van der Waals surface area contributed by atoms with E-state index in [9.17, 15) is 19.5 Å². The van der Waals surface area contributed by atoms with Crippen LogP contribution in [0.2, 0.25) is 0 Å². The highest BCUT2D eigenvalue weighted by Crippen LogP contribution is 2.50. The Morgan fingerprint density at radius 1 is 0.829 bits per heavy atom. The van der Waals surface area contributed by atoms with E-state index in [4.69, 9.17) is 4.74 Å². The average Bonchev–Trinajstić information content (AvgIpc) is 3.33. The third-order valence-electron chi connectivity index (χ3n) is 8.67. The molecule has 6 rings (SSSR count). The van der Waals surface area contributed by atoms with E-state index >= 15 is 0 Å². The molecule has 3 fully saturated rings. The highest BCUT2D eigenvalue weighted by atomic mass is 16.5. The van der Waals surface area contributed by atoms with Crippen LogP contribution in [0.4, 0.5) is 4.79 Å². The number of amides is 2. The van der Waals surface area contributed by atoms with Gasteiger partial charge in [0.25, 0.3) is 0 Å². The van der Waals surface area contributed by atoms with Crippen LogP contribution in [0, 0.1) is 23.7 Å². The summed E-state index contributed by atoms with van der Waals surface area (Å²) in [7, 11) is 0. The summed E-state index contributed by atoms with van der Waals surface area (Å²) in [5.74, 6) is -0.300. The van der Waals surface area contributed by atoms with E-state index < -0.39 is 12.1 Å². The van der Waals surface area contributed by atoms with Crippen LogP contribution in [-0.4, -0.2) is 41.8 Å². The molecule has 4 atom stereocenters. The molecule has 35 heavy (non-hydrogen) atoms. The fraction of sp³-hybridized carbons (Fsp3) is 0.464. The highest BCUT2D eigenvalue weighted by molar-refractivity contribution is 5.81. The summed E-state index contributed by atoms with van der Waals surface area (Å²) in [6.45, 7) is 0.276. The summed E-state index contributed by atoms with van der Waals surface area (Å²) in [5.41, 5.74) is 4.74. The lowest BCUT2D eigenvalue weighted by Crippen LogP contribution is -2.55. The van der Waals surface area contributed by atoms with E-state index in [0.717, 1.165) is 12.8 Å². The van der Waals surface area contributed by atoms with Crippen molar-refractivity contribution in [3.63, 3.8) is 0 Å². The molecule has 0 saturated heterocycles. The number of hydrogen-bond donors (Lipinski definition) is 3. The second kappa shape index (κ2) is 8.70. The summed E-state index contributed by atoms with van der Waals surface area (Å²) in [6.07, 6.45) is 3.06. The van der Waals surface area contributed by atoms with Crippen LogP contribution in [0.1, 0.15) is 49.1 Å². The van der Waals surface area contributed by atoms with Gasteiger partial charge in [-0.2, -0.15) is 0 Å². The number of alkyl carbamates (subject to hydrolysis) is 1. The first-order chi connectivity index (χ1) is 17.0. The monoisotopic (exact) mass is 474 g/mol. The fourth-order valence-corrected chi connectivity index (χ4v) is 6.65. The molecule has 3 N–H and O–H groups in total. The topological polar surface area (TPSA) is 105 Å². The van der Waals surface area contributed by atoms with Crippen LogP contribution in [0.15, 0.2) is 48.5 Å². The van der Waals surface area contributed by atoms with E-state index in [1.54, 1.807) is 0 Å². The normalized spacial score (nSPS) is 30.2. The molecule has 4 aliphatic carbocycles. The largest absolute Gasteiger partial charge is 0.481 e. The standard InChI is InChI=1S/C28H30N2O5/c31-26(30-25-13-15-9-17(27(32)33)12-23(15)25)16-10-18(11-16)29-28(34)35-14-24-21-7-3-1-5-19(21)20-6-2-4-8-22(20)24/h1-8,15-18,23-25H,9-14H2,(H,29,34)(H,30,31)(H,32,33). The predicted octanol–water partition coefficient (Wildman–Crippen LogP) is 3.92. The Kier molecular flexibility index (Phi) is 5.50. The van der Waals surface area contributed by atoms with E-state index in [0.29, 0.717) is 31.1 Å². The van der Waals surface area contributed by atoms with Gasteiger partial charge in [-0.15, -0.1) is 0 Å². The molecule has 0 bridgehead atoms. The molecule has 0 aromatic heterocycles. The Bertz CT molecular complexity index is 1130. The Hall–Kier alpha value is -3.35. The maximum Gasteiger partial charge on any atom is 0.407 e. The lowest BCUT2D eigenvalue weighted by atomic mass is 9.71. The minimum absolute atomic E-state index is 0.0238. The first kappa shape index (κ1) is 22.1. The molecule has 3 saturated carbocycles. The second-order valence-electron chi connectivity index (χ2n) is 10.6. The van der Waals surface area contributed by atoms with Crippen molar-refractivity contribution in [2.45, 2.75) is 50.1 Å². The van der Waals surface area contributed by atoms with Gasteiger partial charge in [0, 0.05) is 23.9 Å². The van der Waals surface area contributed by atoms with Crippen LogP contribution >= 0.6 is 0 Å². The number of hydrogen-bond acceptors (Lipinski definition) is 4. The van der Waals surface area contributed by atoms with Crippen molar-refractivity contribution >= 4 is 18.0 Å². The number of carbonyl (C=O) groups is 3. The minimum Gasteiger partial charge on any atom is -0.481 e. The van der Waals surface area contributed by atoms with E-state index in [2.05, 4.69) is 34.9 Å². The van der Waals surface area contributed by atoms with Gasteiger partial charge in [0.2, 0.25) is 5.91 Å². The fourth-order valence-electron chi connectivity index (χ4n) is 6.65. The summed E-state index contributed by atoms with van der Waals surface area (Å²) in [4.78, 5) is 36.3. The van der Waals surface area contributed by atoms with Gasteiger partial charge < -0.3 is 20.5 Å². The third-order valence-corrected chi connectivity index (χ3v) is 8.67. The summed E-state index contributed by atoms with van der Waals surface area (Å²) in [5, 5.41) is 15.3. The van der Waals surface area contributed by atoms with Gasteiger partial charge in [-0.3, -0.25) is 9.59 Å². The molecule has 2 aromatic carbocycles. The Labute approximate surface area is 204 Å². The Balaban J connectivity index is 0.955. The Morgan fingerprint density at radius 2 is 1.49 bits per heavy atom. The van der Waals surface area contributed by atoms with Gasteiger partial charge in [-0.25, -0.2) is 4.79 Å². The summed E-state index contributed by atoms with van der Waals surface area (Å²) < 4.78 is 5.61. The van der Waals surface area contributed by atoms with Gasteiger partial charge in [-0.05, 0) is 66.2 Å². The predicted molar refractivity (Wildman–Crippen MR) is 129 cm³/mol. The zero-order chi connectivity index (χ0) is 24.1. The molecule has 4 unspecified atom stereocenters. The number of aliphatic carboxylic acids is 1. The number of benzene rings is 2. The van der Waals surface area contributed by atoms with Gasteiger partial charge in [0.05, 0.1) is 5.92 Å². The van der Waals surface area contributed by atoms with Crippen molar-refractivity contribution in [1.82, 2.24) is 10.6 Å². The second-order valence-corrected chi connectivity index (χ2v) is 10.6. The van der Waals surface area contributed by atoms with Crippen LogP contribution in [0.25, 0.3) is 11.1 Å². The lowest BCUT2D eigenvalue weighted by Gasteiger charge is -2.43. The van der Waals surface area contributed by atoms with Crippen molar-refractivity contribution in [1.29, 1.82) is 0 Å². The molecular formula is C28H30N2O5. The SMILES string of the molecule is O=C(NC1CC(C(=O)NC2CC3CC(C(=O)O)CC32)C1)OCC1c2ccccc2-c2ccccc21. The third kappa shape index (κ3) is 3.97. The number of carboxylic acids is 1. The molecule has 7 heteroatoms. The van der Waals surface area contributed by atoms with Gasteiger partial charge in [0.15, 0.2) is 0 Å².